The normalized spacial score (nSPS) is 16.9. The molecule has 0 bridgehead atoms. The van der Waals surface area contributed by atoms with Crippen molar-refractivity contribution in [3.05, 3.63) is 65.7 Å². The molecule has 3 rings (SSSR count). The highest BCUT2D eigenvalue weighted by molar-refractivity contribution is 5.98. The standard InChI is InChI=1S/C23H26N2O3/c1-17-8-11-20(12-9-17)24-15-21(14-19-6-4-3-5-7-19)25(16-23(24)28)22(27)13-10-18(2)26/h3-9,11-12,21H,10,13-16H2,1-2H3. The molecule has 28 heavy (non-hydrogen) atoms. The number of carbonyl (C=O) groups excluding carboxylic acids is 3. The van der Waals surface area contributed by atoms with E-state index in [1.807, 2.05) is 61.5 Å². The SMILES string of the molecule is CC(=O)CCC(=O)N1CC(=O)N(c2ccc(C)cc2)CC1Cc1ccccc1. The minimum atomic E-state index is -0.131. The maximum atomic E-state index is 12.8. The smallest absolute Gasteiger partial charge is 0.246 e. The number of amides is 2. The van der Waals surface area contributed by atoms with E-state index >= 15 is 0 Å². The summed E-state index contributed by atoms with van der Waals surface area (Å²) in [6.45, 7) is 3.98. The third-order valence-electron chi connectivity index (χ3n) is 5.11. The lowest BCUT2D eigenvalue weighted by atomic mass is 10.0. The molecule has 0 aliphatic carbocycles. The molecule has 1 unspecified atom stereocenters. The van der Waals surface area contributed by atoms with Crippen molar-refractivity contribution in [2.24, 2.45) is 0 Å². The maximum absolute atomic E-state index is 12.8. The first-order valence-corrected chi connectivity index (χ1v) is 9.64. The van der Waals surface area contributed by atoms with Gasteiger partial charge in [0.25, 0.3) is 0 Å². The zero-order chi connectivity index (χ0) is 20.1. The molecule has 1 heterocycles. The van der Waals surface area contributed by atoms with Gasteiger partial charge in [-0.1, -0.05) is 48.0 Å². The summed E-state index contributed by atoms with van der Waals surface area (Å²) in [5, 5.41) is 0. The third-order valence-corrected chi connectivity index (χ3v) is 5.11. The van der Waals surface area contributed by atoms with Crippen molar-refractivity contribution < 1.29 is 14.4 Å². The number of aryl methyl sites for hydroxylation is 1. The Bertz CT molecular complexity index is 846. The van der Waals surface area contributed by atoms with Crippen LogP contribution in [0.5, 0.6) is 0 Å². The van der Waals surface area contributed by atoms with Gasteiger partial charge < -0.3 is 14.6 Å². The monoisotopic (exact) mass is 378 g/mol. The Morgan fingerprint density at radius 2 is 1.68 bits per heavy atom. The topological polar surface area (TPSA) is 57.7 Å². The Hall–Kier alpha value is -2.95. The quantitative estimate of drug-likeness (QED) is 0.776. The molecule has 2 amide bonds. The molecule has 2 aromatic carbocycles. The zero-order valence-electron chi connectivity index (χ0n) is 16.4. The summed E-state index contributed by atoms with van der Waals surface area (Å²) in [6, 6.07) is 17.7. The first-order valence-electron chi connectivity index (χ1n) is 9.64. The summed E-state index contributed by atoms with van der Waals surface area (Å²) < 4.78 is 0. The number of benzene rings is 2. The Labute approximate surface area is 166 Å². The number of nitrogens with zero attached hydrogens (tertiary/aromatic N) is 2. The Kier molecular flexibility index (Phi) is 6.24. The van der Waals surface area contributed by atoms with Gasteiger partial charge in [0.2, 0.25) is 11.8 Å². The molecule has 146 valence electrons. The van der Waals surface area contributed by atoms with Gasteiger partial charge in [0.1, 0.15) is 12.3 Å². The molecule has 1 aliphatic rings. The first kappa shape index (κ1) is 19.8. The van der Waals surface area contributed by atoms with Gasteiger partial charge in [-0.2, -0.15) is 0 Å². The summed E-state index contributed by atoms with van der Waals surface area (Å²) in [5.41, 5.74) is 3.11. The number of Topliss-reactive ketones (excluding diaryl/α,β-unsaturated/α-hetero) is 1. The molecule has 1 atom stereocenters. The van der Waals surface area contributed by atoms with Crippen molar-refractivity contribution >= 4 is 23.3 Å². The van der Waals surface area contributed by atoms with E-state index in [-0.39, 0.29) is 43.0 Å². The summed E-state index contributed by atoms with van der Waals surface area (Å²) in [4.78, 5) is 40.2. The van der Waals surface area contributed by atoms with E-state index in [2.05, 4.69) is 0 Å². The second kappa shape index (κ2) is 8.83. The Morgan fingerprint density at radius 3 is 2.32 bits per heavy atom. The number of carbonyl (C=O) groups is 3. The number of hydrogen-bond donors (Lipinski definition) is 0. The molecule has 5 heteroatoms. The highest BCUT2D eigenvalue weighted by Crippen LogP contribution is 2.23. The van der Waals surface area contributed by atoms with Gasteiger partial charge in [0, 0.05) is 25.1 Å². The minimum Gasteiger partial charge on any atom is -0.328 e. The van der Waals surface area contributed by atoms with Crippen LogP contribution in [0.2, 0.25) is 0 Å². The van der Waals surface area contributed by atoms with E-state index in [1.54, 1.807) is 9.80 Å². The van der Waals surface area contributed by atoms with Gasteiger partial charge in [-0.05, 0) is 38.0 Å². The van der Waals surface area contributed by atoms with Gasteiger partial charge in [-0.15, -0.1) is 0 Å². The van der Waals surface area contributed by atoms with Gasteiger partial charge in [0.05, 0.1) is 6.04 Å². The van der Waals surface area contributed by atoms with Crippen molar-refractivity contribution in [3.63, 3.8) is 0 Å². The molecule has 5 nitrogen and oxygen atoms in total. The largest absolute Gasteiger partial charge is 0.328 e. The van der Waals surface area contributed by atoms with Crippen LogP contribution in [-0.2, 0) is 20.8 Å². The molecular weight excluding hydrogens is 352 g/mol. The van der Waals surface area contributed by atoms with Crippen LogP contribution in [0, 0.1) is 6.92 Å². The second-order valence-electron chi connectivity index (χ2n) is 7.41. The van der Waals surface area contributed by atoms with Gasteiger partial charge in [-0.3, -0.25) is 9.59 Å². The van der Waals surface area contributed by atoms with Crippen LogP contribution in [0.1, 0.15) is 30.9 Å². The van der Waals surface area contributed by atoms with E-state index < -0.39 is 0 Å². The molecule has 0 radical (unpaired) electrons. The lowest BCUT2D eigenvalue weighted by molar-refractivity contribution is -0.140. The van der Waals surface area contributed by atoms with Crippen LogP contribution < -0.4 is 4.90 Å². The van der Waals surface area contributed by atoms with Crippen molar-refractivity contribution in [1.82, 2.24) is 4.90 Å². The summed E-state index contributed by atoms with van der Waals surface area (Å²) in [7, 11) is 0. The maximum Gasteiger partial charge on any atom is 0.246 e. The molecule has 2 aromatic rings. The van der Waals surface area contributed by atoms with Crippen molar-refractivity contribution in [2.45, 2.75) is 39.2 Å². The molecule has 0 N–H and O–H groups in total. The van der Waals surface area contributed by atoms with E-state index in [0.717, 1.165) is 16.8 Å². The van der Waals surface area contributed by atoms with E-state index in [1.165, 1.54) is 6.92 Å². The molecular formula is C23H26N2O3. The van der Waals surface area contributed by atoms with Crippen LogP contribution in [0.15, 0.2) is 54.6 Å². The van der Waals surface area contributed by atoms with Crippen molar-refractivity contribution in [1.29, 1.82) is 0 Å². The van der Waals surface area contributed by atoms with Gasteiger partial charge in [0.15, 0.2) is 0 Å². The fraction of sp³-hybridized carbons (Fsp3) is 0.348. The van der Waals surface area contributed by atoms with Gasteiger partial charge in [-0.25, -0.2) is 0 Å². The second-order valence-corrected chi connectivity index (χ2v) is 7.41. The molecule has 1 saturated heterocycles. The lowest BCUT2D eigenvalue weighted by Crippen LogP contribution is -2.59. The summed E-state index contributed by atoms with van der Waals surface area (Å²) >= 11 is 0. The van der Waals surface area contributed by atoms with Crippen LogP contribution in [-0.4, -0.2) is 41.6 Å². The molecule has 0 spiro atoms. The summed E-state index contributed by atoms with van der Waals surface area (Å²) in [6.07, 6.45) is 1.03. The van der Waals surface area contributed by atoms with Crippen molar-refractivity contribution in [3.8, 4) is 0 Å². The average molecular weight is 378 g/mol. The van der Waals surface area contributed by atoms with E-state index in [9.17, 15) is 14.4 Å². The fourth-order valence-electron chi connectivity index (χ4n) is 3.52. The van der Waals surface area contributed by atoms with Crippen LogP contribution >= 0.6 is 0 Å². The number of ketones is 1. The predicted molar refractivity (Wildman–Crippen MR) is 109 cm³/mol. The molecule has 1 aliphatic heterocycles. The fourth-order valence-corrected chi connectivity index (χ4v) is 3.52. The van der Waals surface area contributed by atoms with Crippen LogP contribution in [0.25, 0.3) is 0 Å². The average Bonchev–Trinajstić information content (AvgIpc) is 2.68. The predicted octanol–water partition coefficient (Wildman–Crippen LogP) is 3.15. The number of piperazine rings is 1. The van der Waals surface area contributed by atoms with E-state index in [0.29, 0.717) is 13.0 Å². The van der Waals surface area contributed by atoms with Crippen LogP contribution in [0.4, 0.5) is 5.69 Å². The zero-order valence-corrected chi connectivity index (χ0v) is 16.4. The number of hydrogen-bond acceptors (Lipinski definition) is 3. The van der Waals surface area contributed by atoms with Crippen molar-refractivity contribution in [2.75, 3.05) is 18.0 Å². The van der Waals surface area contributed by atoms with Crippen LogP contribution in [0.3, 0.4) is 0 Å². The number of rotatable bonds is 6. The lowest BCUT2D eigenvalue weighted by Gasteiger charge is -2.41. The Morgan fingerprint density at radius 1 is 1.00 bits per heavy atom. The van der Waals surface area contributed by atoms with Gasteiger partial charge >= 0.3 is 0 Å². The highest BCUT2D eigenvalue weighted by Gasteiger charge is 2.35. The summed E-state index contributed by atoms with van der Waals surface area (Å²) in [5.74, 6) is -0.241. The number of anilines is 1. The van der Waals surface area contributed by atoms with E-state index in [4.69, 9.17) is 0 Å². The molecule has 0 aromatic heterocycles. The molecule has 1 fully saturated rings. The molecule has 0 saturated carbocycles. The highest BCUT2D eigenvalue weighted by atomic mass is 16.2. The Balaban J connectivity index is 1.83. The first-order chi connectivity index (χ1) is 13.4. The minimum absolute atomic E-state index is 0.0161. The third kappa shape index (κ3) is 4.85.